The van der Waals surface area contributed by atoms with Crippen molar-refractivity contribution in [2.75, 3.05) is 56.2 Å². The summed E-state index contributed by atoms with van der Waals surface area (Å²) in [4.78, 5) is 40.7. The molecule has 0 bridgehead atoms. The van der Waals surface area contributed by atoms with Crippen LogP contribution in [-0.4, -0.2) is 82.2 Å². The molecule has 2 aromatic carbocycles. The summed E-state index contributed by atoms with van der Waals surface area (Å²) in [6, 6.07) is 13.5. The van der Waals surface area contributed by atoms with Gasteiger partial charge in [-0.3, -0.25) is 9.59 Å². The maximum atomic E-state index is 14.4. The lowest BCUT2D eigenvalue weighted by molar-refractivity contribution is -0.142. The summed E-state index contributed by atoms with van der Waals surface area (Å²) in [5, 5.41) is 9.47. The van der Waals surface area contributed by atoms with E-state index >= 15 is 0 Å². The monoisotopic (exact) mass is 763 g/mol. The van der Waals surface area contributed by atoms with Crippen LogP contribution in [0.2, 0.25) is 0 Å². The lowest BCUT2D eigenvalue weighted by atomic mass is 9.88. The number of nitrogens with zero attached hydrogens (tertiary/aromatic N) is 5. The van der Waals surface area contributed by atoms with Crippen LogP contribution in [0.3, 0.4) is 0 Å². The van der Waals surface area contributed by atoms with Gasteiger partial charge in [-0.05, 0) is 61.2 Å². The summed E-state index contributed by atoms with van der Waals surface area (Å²) in [5.41, 5.74) is 1.53. The van der Waals surface area contributed by atoms with E-state index in [1.165, 1.54) is 6.07 Å². The Morgan fingerprint density at radius 3 is 2.32 bits per heavy atom. The van der Waals surface area contributed by atoms with Crippen LogP contribution in [0.4, 0.5) is 24.7 Å². The number of hydrogen-bond donors (Lipinski definition) is 1. The largest absolute Gasteiger partial charge is 0.497 e. The Kier molecular flexibility index (Phi) is 9.54. The number of likely N-dealkylation sites (tertiary alicyclic amines) is 1. The van der Waals surface area contributed by atoms with Gasteiger partial charge in [-0.1, -0.05) is 40.8 Å². The van der Waals surface area contributed by atoms with Gasteiger partial charge >= 0.3 is 12.1 Å². The predicted molar refractivity (Wildman–Crippen MR) is 179 cm³/mol. The molecule has 0 unspecified atom stereocenters. The predicted octanol–water partition coefficient (Wildman–Crippen LogP) is 5.76. The molecule has 13 heteroatoms. The normalized spacial score (nSPS) is 23.7. The number of rotatable bonds is 7. The van der Waals surface area contributed by atoms with Gasteiger partial charge < -0.3 is 24.5 Å². The number of methoxy groups -OCH3 is 1. The first-order chi connectivity index (χ1) is 22.4. The minimum atomic E-state index is -4.51. The number of aliphatic carboxylic acids is 1. The smallest absolute Gasteiger partial charge is 0.416 e. The second kappa shape index (κ2) is 13.5. The molecule has 0 aliphatic carbocycles. The summed E-state index contributed by atoms with van der Waals surface area (Å²) < 4.78 is 46.9. The molecule has 3 fully saturated rings. The SMILES string of the molecule is COc1ccc([C@@H]2CN(c3ccnc(C)n3)C[C@H]2C(=O)N2C[C@H](c3ccc(C(F)(F)F)cc3N3CCC(C(=O)O)CC3)[C@@H](I)C2)cc1. The third-order valence-corrected chi connectivity index (χ3v) is 11.0. The molecule has 4 heterocycles. The highest BCUT2D eigenvalue weighted by Crippen LogP contribution is 2.44. The van der Waals surface area contributed by atoms with Crippen LogP contribution in [0.1, 0.15) is 47.2 Å². The van der Waals surface area contributed by atoms with Crippen molar-refractivity contribution < 1.29 is 32.6 Å². The van der Waals surface area contributed by atoms with Crippen molar-refractivity contribution >= 4 is 46.0 Å². The Bertz CT molecular complexity index is 1620. The van der Waals surface area contributed by atoms with Gasteiger partial charge in [-0.2, -0.15) is 13.2 Å². The van der Waals surface area contributed by atoms with Crippen molar-refractivity contribution in [3.8, 4) is 5.75 Å². The van der Waals surface area contributed by atoms with Crippen LogP contribution < -0.4 is 14.5 Å². The number of carboxylic acids is 1. The summed E-state index contributed by atoms with van der Waals surface area (Å²) in [5.74, 6) is 0.122. The second-order valence-electron chi connectivity index (χ2n) is 12.6. The standard InChI is InChI=1S/C34H37F3IN5O4/c1-20-39-12-9-31(40-20)42-16-26(21-3-6-24(47-2)7-4-21)28(18-42)32(44)43-17-27(29(38)19-43)25-8-5-23(34(35,36)37)15-30(25)41-13-10-22(11-14-41)33(45)46/h3-9,12,15,22,26-29H,10-11,13-14,16-19H2,1-2H3,(H,45,46)/t26-,27+,28+,29-/m0/s1. The van der Waals surface area contributed by atoms with Crippen LogP contribution in [0, 0.1) is 18.8 Å². The maximum absolute atomic E-state index is 14.4. The van der Waals surface area contributed by atoms with E-state index in [9.17, 15) is 27.9 Å². The number of carbonyl (C=O) groups excluding carboxylic acids is 1. The van der Waals surface area contributed by atoms with Crippen molar-refractivity contribution in [3.05, 3.63) is 77.2 Å². The van der Waals surface area contributed by atoms with E-state index in [4.69, 9.17) is 4.74 Å². The lowest BCUT2D eigenvalue weighted by Crippen LogP contribution is -2.38. The molecule has 0 spiro atoms. The Labute approximate surface area is 285 Å². The average Bonchev–Trinajstić information content (AvgIpc) is 3.68. The van der Waals surface area contributed by atoms with Gasteiger partial charge in [0.15, 0.2) is 0 Å². The van der Waals surface area contributed by atoms with Crippen LogP contribution >= 0.6 is 22.6 Å². The molecule has 0 radical (unpaired) electrons. The minimum Gasteiger partial charge on any atom is -0.497 e. The molecule has 0 saturated carbocycles. The number of anilines is 2. The highest BCUT2D eigenvalue weighted by Gasteiger charge is 2.45. The zero-order chi connectivity index (χ0) is 33.5. The molecule has 4 atom stereocenters. The van der Waals surface area contributed by atoms with E-state index < -0.39 is 23.6 Å². The molecule has 250 valence electrons. The molecular formula is C34H37F3IN5O4. The third kappa shape index (κ3) is 7.00. The molecule has 9 nitrogen and oxygen atoms in total. The minimum absolute atomic E-state index is 0.0130. The average molecular weight is 764 g/mol. The maximum Gasteiger partial charge on any atom is 0.416 e. The van der Waals surface area contributed by atoms with E-state index in [1.807, 2.05) is 47.1 Å². The van der Waals surface area contributed by atoms with E-state index in [0.717, 1.165) is 28.8 Å². The van der Waals surface area contributed by atoms with Crippen molar-refractivity contribution in [2.24, 2.45) is 11.8 Å². The van der Waals surface area contributed by atoms with Crippen LogP contribution in [0.15, 0.2) is 54.7 Å². The first-order valence-electron chi connectivity index (χ1n) is 15.7. The molecular weight excluding hydrogens is 726 g/mol. The molecule has 6 rings (SSSR count). The fourth-order valence-corrected chi connectivity index (χ4v) is 8.29. The molecule has 3 aromatic rings. The lowest BCUT2D eigenvalue weighted by Gasteiger charge is -2.35. The van der Waals surface area contributed by atoms with E-state index in [-0.39, 0.29) is 27.6 Å². The molecule has 1 aromatic heterocycles. The number of halogens is 4. The molecule has 3 saturated heterocycles. The van der Waals surface area contributed by atoms with Gasteiger partial charge in [0.25, 0.3) is 0 Å². The Balaban J connectivity index is 1.27. The van der Waals surface area contributed by atoms with Gasteiger partial charge in [0.05, 0.1) is 24.5 Å². The summed E-state index contributed by atoms with van der Waals surface area (Å²) in [7, 11) is 1.61. The highest BCUT2D eigenvalue weighted by atomic mass is 127. The molecule has 3 aliphatic heterocycles. The van der Waals surface area contributed by atoms with Gasteiger partial charge in [0, 0.05) is 66.9 Å². The number of ether oxygens (including phenoxy) is 1. The number of piperidine rings is 1. The zero-order valence-electron chi connectivity index (χ0n) is 26.2. The molecule has 47 heavy (non-hydrogen) atoms. The highest BCUT2D eigenvalue weighted by molar-refractivity contribution is 14.1. The number of aromatic nitrogens is 2. The van der Waals surface area contributed by atoms with E-state index in [1.54, 1.807) is 19.4 Å². The first-order valence-corrected chi connectivity index (χ1v) is 17.0. The first kappa shape index (κ1) is 33.3. The zero-order valence-corrected chi connectivity index (χ0v) is 28.3. The third-order valence-electron chi connectivity index (χ3n) is 9.77. The number of alkyl halides is 4. The van der Waals surface area contributed by atoms with Crippen LogP contribution in [-0.2, 0) is 15.8 Å². The van der Waals surface area contributed by atoms with Gasteiger partial charge in [-0.25, -0.2) is 9.97 Å². The van der Waals surface area contributed by atoms with Crippen molar-refractivity contribution in [1.29, 1.82) is 0 Å². The van der Waals surface area contributed by atoms with Gasteiger partial charge in [0.2, 0.25) is 5.91 Å². The van der Waals surface area contributed by atoms with E-state index in [2.05, 4.69) is 37.5 Å². The van der Waals surface area contributed by atoms with Crippen molar-refractivity contribution in [2.45, 2.75) is 41.7 Å². The Morgan fingerprint density at radius 1 is 0.957 bits per heavy atom. The molecule has 1 amide bonds. The summed E-state index contributed by atoms with van der Waals surface area (Å²) in [6.45, 7) is 4.48. The Morgan fingerprint density at radius 2 is 1.68 bits per heavy atom. The second-order valence-corrected chi connectivity index (χ2v) is 14.2. The number of carboxylic acid groups (broad SMARTS) is 1. The van der Waals surface area contributed by atoms with Gasteiger partial charge in [0.1, 0.15) is 17.4 Å². The fourth-order valence-electron chi connectivity index (χ4n) is 7.20. The summed E-state index contributed by atoms with van der Waals surface area (Å²) in [6.07, 6.45) is -2.07. The summed E-state index contributed by atoms with van der Waals surface area (Å²) >= 11 is 2.32. The number of benzene rings is 2. The quantitative estimate of drug-likeness (QED) is 0.240. The van der Waals surface area contributed by atoms with Crippen molar-refractivity contribution in [3.63, 3.8) is 0 Å². The fraction of sp³-hybridized carbons (Fsp3) is 0.471. The number of amides is 1. The molecule has 1 N–H and O–H groups in total. The van der Waals surface area contributed by atoms with Crippen LogP contribution in [0.5, 0.6) is 5.75 Å². The Hall–Kier alpha value is -3.62. The van der Waals surface area contributed by atoms with Crippen LogP contribution in [0.25, 0.3) is 0 Å². The molecule has 3 aliphatic rings. The van der Waals surface area contributed by atoms with Crippen molar-refractivity contribution in [1.82, 2.24) is 14.9 Å². The topological polar surface area (TPSA) is 99.1 Å². The van der Waals surface area contributed by atoms with E-state index in [0.29, 0.717) is 63.6 Å². The number of carbonyl (C=O) groups is 2. The number of aryl methyl sites for hydroxylation is 1. The number of hydrogen-bond acceptors (Lipinski definition) is 7. The van der Waals surface area contributed by atoms with Gasteiger partial charge in [-0.15, -0.1) is 0 Å².